The summed E-state index contributed by atoms with van der Waals surface area (Å²) < 4.78 is 16.0. The first-order valence-corrected chi connectivity index (χ1v) is 5.40. The van der Waals surface area contributed by atoms with Gasteiger partial charge < -0.3 is 14.3 Å². The summed E-state index contributed by atoms with van der Waals surface area (Å²) in [6, 6.07) is 5.12. The summed E-state index contributed by atoms with van der Waals surface area (Å²) in [4.78, 5) is 3.62. The molecule has 0 spiro atoms. The van der Waals surface area contributed by atoms with E-state index in [9.17, 15) is 0 Å². The van der Waals surface area contributed by atoms with Gasteiger partial charge in [0, 0.05) is 17.1 Å². The van der Waals surface area contributed by atoms with Crippen molar-refractivity contribution in [2.75, 3.05) is 0 Å². The zero-order valence-corrected chi connectivity index (χ0v) is 10.9. The van der Waals surface area contributed by atoms with Gasteiger partial charge >= 0.3 is 7.32 Å². The Kier molecular flexibility index (Phi) is 4.69. The maximum absolute atomic E-state index is 5.34. The van der Waals surface area contributed by atoms with E-state index in [0.717, 1.165) is 0 Å². The molecule has 0 aromatic carbocycles. The molecule has 0 N–H and O–H groups in total. The fraction of sp³-hybridized carbons (Fsp3) is 0. The van der Waals surface area contributed by atoms with Crippen molar-refractivity contribution in [1.82, 2.24) is 29.8 Å². The number of hydrogen-bond acceptors (Lipinski definition) is 6. The molecule has 0 fully saturated rings. The second-order valence-corrected chi connectivity index (χ2v) is 3.33. The summed E-state index contributed by atoms with van der Waals surface area (Å²) >= 11 is 0. The van der Waals surface area contributed by atoms with Gasteiger partial charge in [0.1, 0.15) is 0 Å². The minimum absolute atomic E-state index is 0. The van der Waals surface area contributed by atoms with E-state index in [0.29, 0.717) is 0 Å². The molecule has 11 heteroatoms. The fourth-order valence-corrected chi connectivity index (χ4v) is 1.27. The van der Waals surface area contributed by atoms with E-state index in [2.05, 4.69) is 15.3 Å². The third kappa shape index (κ3) is 3.56. The minimum atomic E-state index is -1.11. The van der Waals surface area contributed by atoms with Crippen LogP contribution in [0.2, 0.25) is 0 Å². The minimum Gasteiger partial charge on any atom is -0.380 e. The van der Waals surface area contributed by atoms with Crippen LogP contribution in [0.1, 0.15) is 0 Å². The molecule has 3 aromatic rings. The molecule has 0 aliphatic rings. The van der Waals surface area contributed by atoms with Gasteiger partial charge in [-0.05, 0) is 18.2 Å². The van der Waals surface area contributed by atoms with Crippen LogP contribution in [-0.2, 0) is 17.1 Å². The van der Waals surface area contributed by atoms with Crippen LogP contribution in [0.3, 0.4) is 0 Å². The Balaban J connectivity index is 0.00000147. The van der Waals surface area contributed by atoms with Crippen LogP contribution < -0.4 is 14.3 Å². The first-order valence-electron chi connectivity index (χ1n) is 5.40. The molecule has 107 valence electrons. The molecule has 0 saturated carbocycles. The Bertz CT molecular complexity index is 501. The van der Waals surface area contributed by atoms with E-state index in [1.165, 1.54) is 14.5 Å². The van der Waals surface area contributed by atoms with Crippen molar-refractivity contribution >= 4 is 7.32 Å². The van der Waals surface area contributed by atoms with E-state index in [1.54, 1.807) is 55.4 Å². The summed E-state index contributed by atoms with van der Waals surface area (Å²) in [5.74, 6) is 0. The molecular formula is C9H9BCuN6O3. The van der Waals surface area contributed by atoms with Gasteiger partial charge in [-0.3, -0.25) is 0 Å². The van der Waals surface area contributed by atoms with Crippen LogP contribution in [-0.4, -0.2) is 37.2 Å². The SMILES string of the molecule is [Cu].c1cnn(OB(On2cccn2)On2cccn2)c1. The van der Waals surface area contributed by atoms with Crippen molar-refractivity contribution in [2.24, 2.45) is 0 Å². The van der Waals surface area contributed by atoms with E-state index in [-0.39, 0.29) is 17.1 Å². The Labute approximate surface area is 124 Å². The Morgan fingerprint density at radius 3 is 1.25 bits per heavy atom. The second kappa shape index (κ2) is 6.69. The third-order valence-electron chi connectivity index (χ3n) is 2.02. The first-order chi connectivity index (χ1) is 9.40. The van der Waals surface area contributed by atoms with E-state index < -0.39 is 7.32 Å². The van der Waals surface area contributed by atoms with Crippen LogP contribution >= 0.6 is 0 Å². The molecule has 0 aliphatic heterocycles. The standard InChI is InChI=1S/C9H9BN6O3.Cu/c1-4-11-14(7-1)17-10(18-15-8-2-5-12-15)19-16-9-3-6-13-16;/h1-9H;. The molecule has 0 amide bonds. The topological polar surface area (TPSA) is 81.1 Å². The van der Waals surface area contributed by atoms with Gasteiger partial charge in [0.2, 0.25) is 0 Å². The molecule has 20 heavy (non-hydrogen) atoms. The van der Waals surface area contributed by atoms with E-state index in [4.69, 9.17) is 14.3 Å². The molecule has 0 saturated heterocycles. The van der Waals surface area contributed by atoms with Crippen molar-refractivity contribution in [3.05, 3.63) is 55.4 Å². The van der Waals surface area contributed by atoms with Gasteiger partial charge in [-0.2, -0.15) is 0 Å². The largest absolute Gasteiger partial charge is 0.929 e. The molecule has 3 aromatic heterocycles. The molecule has 0 aliphatic carbocycles. The fourth-order valence-electron chi connectivity index (χ4n) is 1.27. The van der Waals surface area contributed by atoms with Gasteiger partial charge in [0.25, 0.3) is 0 Å². The summed E-state index contributed by atoms with van der Waals surface area (Å²) in [6.45, 7) is 0. The zero-order chi connectivity index (χ0) is 12.9. The van der Waals surface area contributed by atoms with Crippen molar-refractivity contribution in [3.63, 3.8) is 0 Å². The van der Waals surface area contributed by atoms with Gasteiger partial charge in [0.15, 0.2) is 0 Å². The van der Waals surface area contributed by atoms with Crippen LogP contribution in [0.15, 0.2) is 55.4 Å². The van der Waals surface area contributed by atoms with Crippen LogP contribution in [0.25, 0.3) is 0 Å². The number of rotatable bonds is 6. The molecule has 0 bridgehead atoms. The summed E-state index contributed by atoms with van der Waals surface area (Å²) in [6.07, 6.45) is 9.51. The maximum Gasteiger partial charge on any atom is 0.929 e. The summed E-state index contributed by atoms with van der Waals surface area (Å²) in [5, 5.41) is 11.7. The summed E-state index contributed by atoms with van der Waals surface area (Å²) in [7, 11) is -1.11. The first kappa shape index (κ1) is 14.0. The number of nitrogens with zero attached hydrogens (tertiary/aromatic N) is 6. The molecule has 9 nitrogen and oxygen atoms in total. The van der Waals surface area contributed by atoms with Crippen molar-refractivity contribution in [3.8, 4) is 0 Å². The molecule has 3 rings (SSSR count). The van der Waals surface area contributed by atoms with Crippen LogP contribution in [0, 0.1) is 0 Å². The van der Waals surface area contributed by atoms with Gasteiger partial charge in [-0.25, -0.2) is 0 Å². The quantitative estimate of drug-likeness (QED) is 0.538. The second-order valence-electron chi connectivity index (χ2n) is 3.33. The van der Waals surface area contributed by atoms with Crippen LogP contribution in [0.5, 0.6) is 0 Å². The number of aromatic nitrogens is 6. The van der Waals surface area contributed by atoms with Crippen LogP contribution in [0.4, 0.5) is 0 Å². The van der Waals surface area contributed by atoms with Gasteiger partial charge in [-0.15, -0.1) is 29.8 Å². The van der Waals surface area contributed by atoms with Crippen molar-refractivity contribution in [2.45, 2.75) is 0 Å². The Morgan fingerprint density at radius 2 is 1.00 bits per heavy atom. The molecule has 3 heterocycles. The zero-order valence-electron chi connectivity index (χ0n) is 9.98. The molecule has 1 radical (unpaired) electrons. The van der Waals surface area contributed by atoms with Gasteiger partial charge in [0.05, 0.1) is 37.2 Å². The normalized spacial score (nSPS) is 9.60. The Morgan fingerprint density at radius 1 is 0.650 bits per heavy atom. The molecule has 0 unspecified atom stereocenters. The van der Waals surface area contributed by atoms with Crippen molar-refractivity contribution in [1.29, 1.82) is 0 Å². The predicted molar refractivity (Wildman–Crippen MR) is 62.2 cm³/mol. The Hall–Kier alpha value is -2.39. The average molecular weight is 324 g/mol. The molecular weight excluding hydrogens is 314 g/mol. The predicted octanol–water partition coefficient (Wildman–Crippen LogP) is -1.06. The molecule has 0 atom stereocenters. The van der Waals surface area contributed by atoms with Gasteiger partial charge in [-0.1, -0.05) is 0 Å². The summed E-state index contributed by atoms with van der Waals surface area (Å²) in [5.41, 5.74) is 0. The monoisotopic (exact) mass is 323 g/mol. The smallest absolute Gasteiger partial charge is 0.380 e. The average Bonchev–Trinajstić information content (AvgIpc) is 3.10. The maximum atomic E-state index is 5.34. The third-order valence-corrected chi connectivity index (χ3v) is 2.02. The van der Waals surface area contributed by atoms with E-state index >= 15 is 0 Å². The van der Waals surface area contributed by atoms with Crippen molar-refractivity contribution < 1.29 is 31.3 Å². The number of hydrogen-bond donors (Lipinski definition) is 0. The van der Waals surface area contributed by atoms with E-state index in [1.807, 2.05) is 0 Å².